The fourth-order valence-corrected chi connectivity index (χ4v) is 5.23. The summed E-state index contributed by atoms with van der Waals surface area (Å²) in [7, 11) is 0. The Balaban J connectivity index is 1.53. The predicted molar refractivity (Wildman–Crippen MR) is 131 cm³/mol. The van der Waals surface area contributed by atoms with Gasteiger partial charge in [0, 0.05) is 5.39 Å². The zero-order chi connectivity index (χ0) is 22.4. The maximum absolute atomic E-state index is 13.2. The number of benzene rings is 3. The predicted octanol–water partition coefficient (Wildman–Crippen LogP) is 4.97. The zero-order valence-corrected chi connectivity index (χ0v) is 19.9. The molecule has 0 aromatic heterocycles. The second-order valence-corrected chi connectivity index (χ2v) is 8.82. The molecule has 0 spiro atoms. The first-order valence-electron chi connectivity index (χ1n) is 10.6. The summed E-state index contributed by atoms with van der Waals surface area (Å²) >= 11 is 2.18. The third-order valence-corrected chi connectivity index (χ3v) is 6.59. The first kappa shape index (κ1) is 20.9. The highest BCUT2D eigenvalue weighted by atomic mass is 127. The zero-order valence-electron chi connectivity index (χ0n) is 17.8. The number of hydrazone groups is 1. The van der Waals surface area contributed by atoms with Gasteiger partial charge in [-0.25, -0.2) is 0 Å². The first-order chi connectivity index (χ1) is 15.5. The van der Waals surface area contributed by atoms with Crippen LogP contribution in [0.1, 0.15) is 51.3 Å². The van der Waals surface area contributed by atoms with Crippen LogP contribution in [0.25, 0.3) is 10.8 Å². The summed E-state index contributed by atoms with van der Waals surface area (Å²) < 4.78 is 12.3. The van der Waals surface area contributed by atoms with Crippen LogP contribution in [-0.4, -0.2) is 36.3 Å². The fourth-order valence-electron chi connectivity index (χ4n) is 4.44. The van der Waals surface area contributed by atoms with Crippen molar-refractivity contribution in [2.75, 3.05) is 13.2 Å². The van der Waals surface area contributed by atoms with Crippen LogP contribution in [0.15, 0.2) is 41.5 Å². The monoisotopic (exact) mass is 540 g/mol. The first-order valence-corrected chi connectivity index (χ1v) is 11.7. The number of amides is 2. The maximum atomic E-state index is 13.2. The van der Waals surface area contributed by atoms with Gasteiger partial charge in [0.25, 0.3) is 11.8 Å². The number of carbonyl (C=O) groups excluding carboxylic acids is 2. The molecule has 3 aromatic rings. The van der Waals surface area contributed by atoms with Crippen molar-refractivity contribution in [2.45, 2.75) is 26.7 Å². The van der Waals surface area contributed by atoms with E-state index in [0.717, 1.165) is 32.2 Å². The van der Waals surface area contributed by atoms with E-state index in [4.69, 9.17) is 9.47 Å². The summed E-state index contributed by atoms with van der Waals surface area (Å²) in [5, 5.41) is 7.08. The number of nitrogens with zero attached hydrogens (tertiary/aromatic N) is 2. The largest absolute Gasteiger partial charge is 0.490 e. The summed E-state index contributed by atoms with van der Waals surface area (Å²) in [6.45, 7) is 4.83. The molecule has 0 saturated carbocycles. The third-order valence-electron chi connectivity index (χ3n) is 5.79. The van der Waals surface area contributed by atoms with Crippen molar-refractivity contribution in [1.82, 2.24) is 5.01 Å². The van der Waals surface area contributed by atoms with Gasteiger partial charge in [-0.1, -0.05) is 12.1 Å². The highest BCUT2D eigenvalue weighted by Crippen LogP contribution is 2.38. The van der Waals surface area contributed by atoms with Crippen LogP contribution in [0.3, 0.4) is 0 Å². The summed E-state index contributed by atoms with van der Waals surface area (Å²) in [6, 6.07) is 11.3. The van der Waals surface area contributed by atoms with Crippen LogP contribution in [-0.2, 0) is 12.8 Å². The van der Waals surface area contributed by atoms with E-state index < -0.39 is 11.8 Å². The maximum Gasteiger partial charge on any atom is 0.282 e. The molecule has 5 rings (SSSR count). The molecule has 0 saturated heterocycles. The Labute approximate surface area is 199 Å². The molecule has 0 atom stereocenters. The van der Waals surface area contributed by atoms with Gasteiger partial charge in [0.15, 0.2) is 11.5 Å². The Bertz CT molecular complexity index is 1260. The Kier molecular flexibility index (Phi) is 5.36. The van der Waals surface area contributed by atoms with Crippen LogP contribution >= 0.6 is 22.6 Å². The highest BCUT2D eigenvalue weighted by molar-refractivity contribution is 14.1. The number of rotatable bonds is 6. The Hall–Kier alpha value is -2.94. The van der Waals surface area contributed by atoms with E-state index in [2.05, 4.69) is 27.7 Å². The van der Waals surface area contributed by atoms with Gasteiger partial charge in [-0.15, -0.1) is 0 Å². The van der Waals surface area contributed by atoms with Crippen LogP contribution in [0, 0.1) is 3.57 Å². The summed E-state index contributed by atoms with van der Waals surface area (Å²) in [5.74, 6) is 0.475. The standard InChI is InChI=1S/C25H21IN2O4/c1-3-31-20-12-14(11-19(26)23(20)32-4-2)13-27-28-24(29)17-9-7-15-5-6-16-8-10-18(25(28)30)22(17)21(15)16/h7-13H,3-6H2,1-2H3/b27-13-. The molecule has 0 bridgehead atoms. The third kappa shape index (κ3) is 3.26. The molecule has 2 amide bonds. The number of ether oxygens (including phenoxy) is 2. The Morgan fingerprint density at radius 1 is 0.938 bits per heavy atom. The average Bonchev–Trinajstić information content (AvgIpc) is 3.21. The molecule has 0 radical (unpaired) electrons. The van der Waals surface area contributed by atoms with Crippen molar-refractivity contribution >= 4 is 51.4 Å². The number of aryl methyl sites for hydroxylation is 2. The van der Waals surface area contributed by atoms with Crippen LogP contribution in [0.4, 0.5) is 0 Å². The molecule has 2 aliphatic rings. The number of carbonyl (C=O) groups is 2. The lowest BCUT2D eigenvalue weighted by Gasteiger charge is -2.23. The van der Waals surface area contributed by atoms with Gasteiger partial charge in [-0.3, -0.25) is 9.59 Å². The van der Waals surface area contributed by atoms with E-state index in [1.54, 1.807) is 6.07 Å². The van der Waals surface area contributed by atoms with E-state index in [0.29, 0.717) is 41.4 Å². The SMILES string of the molecule is CCOc1cc(/C=N\N2C(=O)c3ccc4c5c(ccc(c35)C2=O)CC4)cc(I)c1OCC. The normalized spacial score (nSPS) is 14.7. The molecular formula is C25H21IN2O4. The fraction of sp³-hybridized carbons (Fsp3) is 0.240. The Morgan fingerprint density at radius 2 is 1.56 bits per heavy atom. The summed E-state index contributed by atoms with van der Waals surface area (Å²) in [4.78, 5) is 26.4. The smallest absolute Gasteiger partial charge is 0.282 e. The van der Waals surface area contributed by atoms with Gasteiger partial charge in [-0.05, 0) is 95.6 Å². The van der Waals surface area contributed by atoms with Gasteiger partial charge in [0.2, 0.25) is 0 Å². The van der Waals surface area contributed by atoms with Gasteiger partial charge < -0.3 is 9.47 Å². The van der Waals surface area contributed by atoms with Crippen LogP contribution in [0.2, 0.25) is 0 Å². The second-order valence-electron chi connectivity index (χ2n) is 7.66. The summed E-state index contributed by atoms with van der Waals surface area (Å²) in [6.07, 6.45) is 3.40. The average molecular weight is 540 g/mol. The lowest BCUT2D eigenvalue weighted by atomic mass is 9.92. The molecule has 1 aliphatic heterocycles. The molecule has 0 fully saturated rings. The number of hydrogen-bond acceptors (Lipinski definition) is 5. The lowest BCUT2D eigenvalue weighted by Crippen LogP contribution is -2.36. The molecular weight excluding hydrogens is 519 g/mol. The molecule has 7 heteroatoms. The van der Waals surface area contributed by atoms with Crippen LogP contribution < -0.4 is 9.47 Å². The topological polar surface area (TPSA) is 68.2 Å². The van der Waals surface area contributed by atoms with Crippen molar-refractivity contribution in [3.05, 3.63) is 67.8 Å². The van der Waals surface area contributed by atoms with Crippen LogP contribution in [0.5, 0.6) is 11.5 Å². The van der Waals surface area contributed by atoms with E-state index in [1.807, 2.05) is 44.2 Å². The van der Waals surface area contributed by atoms with Crippen molar-refractivity contribution in [3.63, 3.8) is 0 Å². The lowest BCUT2D eigenvalue weighted by molar-refractivity contribution is 0.0616. The minimum atomic E-state index is -0.403. The van der Waals surface area contributed by atoms with E-state index in [9.17, 15) is 9.59 Å². The molecule has 32 heavy (non-hydrogen) atoms. The number of imide groups is 1. The second kappa shape index (κ2) is 8.20. The summed E-state index contributed by atoms with van der Waals surface area (Å²) in [5.41, 5.74) is 4.16. The highest BCUT2D eigenvalue weighted by Gasteiger charge is 2.35. The molecule has 1 aliphatic carbocycles. The minimum absolute atomic E-state index is 0.403. The number of halogens is 1. The molecule has 3 aromatic carbocycles. The van der Waals surface area contributed by atoms with E-state index in [1.165, 1.54) is 17.3 Å². The molecule has 0 N–H and O–H groups in total. The Morgan fingerprint density at radius 3 is 2.16 bits per heavy atom. The minimum Gasteiger partial charge on any atom is -0.490 e. The molecule has 1 heterocycles. The van der Waals surface area contributed by atoms with Gasteiger partial charge in [-0.2, -0.15) is 10.1 Å². The van der Waals surface area contributed by atoms with Crippen molar-refractivity contribution < 1.29 is 19.1 Å². The van der Waals surface area contributed by atoms with Crippen molar-refractivity contribution in [1.29, 1.82) is 0 Å². The van der Waals surface area contributed by atoms with E-state index in [-0.39, 0.29) is 0 Å². The van der Waals surface area contributed by atoms with Crippen molar-refractivity contribution in [3.8, 4) is 11.5 Å². The van der Waals surface area contributed by atoms with Gasteiger partial charge >= 0.3 is 0 Å². The van der Waals surface area contributed by atoms with E-state index >= 15 is 0 Å². The molecule has 6 nitrogen and oxygen atoms in total. The molecule has 0 unspecified atom stereocenters. The van der Waals surface area contributed by atoms with Gasteiger partial charge in [0.1, 0.15) is 0 Å². The number of hydrogen-bond donors (Lipinski definition) is 0. The van der Waals surface area contributed by atoms with Crippen molar-refractivity contribution in [2.24, 2.45) is 5.10 Å². The quantitative estimate of drug-likeness (QED) is 0.252. The van der Waals surface area contributed by atoms with Gasteiger partial charge in [0.05, 0.1) is 34.1 Å². The molecule has 162 valence electrons.